The van der Waals surface area contributed by atoms with E-state index < -0.39 is 17.6 Å². The van der Waals surface area contributed by atoms with E-state index in [0.29, 0.717) is 30.1 Å². The van der Waals surface area contributed by atoms with E-state index in [4.69, 9.17) is 16.3 Å². The molecule has 3 aliphatic rings. The molecular formula is C26H25ClF2N4O2. The highest BCUT2D eigenvalue weighted by Gasteiger charge is 2.51. The van der Waals surface area contributed by atoms with Crippen molar-refractivity contribution in [1.82, 2.24) is 19.8 Å². The van der Waals surface area contributed by atoms with Crippen LogP contribution in [0, 0.1) is 5.82 Å². The van der Waals surface area contributed by atoms with Crippen molar-refractivity contribution in [2.24, 2.45) is 0 Å². The number of aromatic nitrogens is 2. The normalized spacial score (nSPS) is 25.5. The van der Waals surface area contributed by atoms with E-state index >= 15 is 8.78 Å². The van der Waals surface area contributed by atoms with Crippen LogP contribution in [0.25, 0.3) is 22.0 Å². The Bertz CT molecular complexity index is 1300. The molecule has 1 spiro atoms. The van der Waals surface area contributed by atoms with Gasteiger partial charge in [-0.15, -0.1) is 0 Å². The first kappa shape index (κ1) is 22.8. The highest BCUT2D eigenvalue weighted by Crippen LogP contribution is 2.38. The zero-order valence-corrected chi connectivity index (χ0v) is 19.8. The first-order valence-corrected chi connectivity index (χ1v) is 12.3. The molecule has 182 valence electrons. The van der Waals surface area contributed by atoms with Gasteiger partial charge in [-0.25, -0.2) is 8.78 Å². The molecule has 2 aliphatic heterocycles. The zero-order chi connectivity index (χ0) is 24.2. The first-order valence-electron chi connectivity index (χ1n) is 11.9. The fourth-order valence-corrected chi connectivity index (χ4v) is 5.29. The van der Waals surface area contributed by atoms with Gasteiger partial charge in [0.25, 0.3) is 0 Å². The quantitative estimate of drug-likeness (QED) is 0.534. The maximum atomic E-state index is 15.4. The van der Waals surface area contributed by atoms with Crippen molar-refractivity contribution in [1.29, 1.82) is 0 Å². The van der Waals surface area contributed by atoms with Gasteiger partial charge in [0.2, 0.25) is 5.91 Å². The number of amides is 1. The Labute approximate surface area is 206 Å². The second kappa shape index (κ2) is 8.76. The summed E-state index contributed by atoms with van der Waals surface area (Å²) in [6.45, 7) is 1.13. The van der Waals surface area contributed by atoms with Gasteiger partial charge in [-0.3, -0.25) is 19.7 Å². The van der Waals surface area contributed by atoms with E-state index in [1.807, 2.05) is 29.2 Å². The molecule has 4 heterocycles. The lowest BCUT2D eigenvalue weighted by Crippen LogP contribution is -2.64. The third kappa shape index (κ3) is 4.39. The number of benzene rings is 1. The number of piperidine rings is 1. The molecule has 3 fully saturated rings. The smallest absolute Gasteiger partial charge is 0.248 e. The average molecular weight is 499 g/mol. The van der Waals surface area contributed by atoms with Crippen LogP contribution in [-0.2, 0) is 16.1 Å². The standard InChI is InChI=1S/C26H25ClF2N4O2/c27-19-7-17-2-1-16(9-22(17)31-11-19)18-8-21(28)23(30-10-18)12-32-6-5-26(24(29)13-32)15-33(20-3-4-20)25(34)14-35-26/h1-2,7-11,20,24H,3-6,12-15H2/t24-,26+/m0/s1. The van der Waals surface area contributed by atoms with Crippen molar-refractivity contribution in [3.05, 3.63) is 59.3 Å². The third-order valence-electron chi connectivity index (χ3n) is 7.34. The number of fused-ring (bicyclic) bond motifs is 1. The fourth-order valence-electron chi connectivity index (χ4n) is 5.13. The Balaban J connectivity index is 1.14. The number of hydrogen-bond donors (Lipinski definition) is 0. The molecular weight excluding hydrogens is 474 g/mol. The molecule has 0 bridgehead atoms. The van der Waals surface area contributed by atoms with Crippen LogP contribution in [0.5, 0.6) is 0 Å². The molecule has 6 rings (SSSR count). The minimum absolute atomic E-state index is 0.0508. The summed E-state index contributed by atoms with van der Waals surface area (Å²) in [5.74, 6) is -0.480. The van der Waals surface area contributed by atoms with Gasteiger partial charge < -0.3 is 9.64 Å². The minimum Gasteiger partial charge on any atom is -0.360 e. The number of carbonyl (C=O) groups is 1. The summed E-state index contributed by atoms with van der Waals surface area (Å²) in [6.07, 6.45) is 4.38. The summed E-state index contributed by atoms with van der Waals surface area (Å²) in [5, 5.41) is 1.46. The molecule has 1 aromatic carbocycles. The molecule has 1 saturated carbocycles. The van der Waals surface area contributed by atoms with Crippen LogP contribution in [0.2, 0.25) is 5.02 Å². The van der Waals surface area contributed by atoms with Crippen LogP contribution < -0.4 is 0 Å². The number of nitrogens with zero attached hydrogens (tertiary/aromatic N) is 4. The average Bonchev–Trinajstić information content (AvgIpc) is 3.69. The highest BCUT2D eigenvalue weighted by molar-refractivity contribution is 6.31. The van der Waals surface area contributed by atoms with Crippen molar-refractivity contribution in [3.63, 3.8) is 0 Å². The molecule has 1 amide bonds. The number of pyridine rings is 2. The summed E-state index contributed by atoms with van der Waals surface area (Å²) in [4.78, 5) is 24.5. The number of ether oxygens (including phenoxy) is 1. The van der Waals surface area contributed by atoms with E-state index in [-0.39, 0.29) is 37.3 Å². The van der Waals surface area contributed by atoms with Crippen molar-refractivity contribution in [3.8, 4) is 11.1 Å². The Hall–Kier alpha value is -2.68. The SMILES string of the molecule is O=C1CO[C@]2(CCN(Cc3ncc(-c4ccc5cc(Cl)cnc5c4)cc3F)C[C@@H]2F)CN1C1CC1. The van der Waals surface area contributed by atoms with E-state index in [9.17, 15) is 4.79 Å². The van der Waals surface area contributed by atoms with Crippen molar-refractivity contribution in [2.75, 3.05) is 26.2 Å². The van der Waals surface area contributed by atoms with Gasteiger partial charge >= 0.3 is 0 Å². The molecule has 0 radical (unpaired) electrons. The highest BCUT2D eigenvalue weighted by atomic mass is 35.5. The van der Waals surface area contributed by atoms with Gasteiger partial charge in [0.05, 0.1) is 22.8 Å². The molecule has 2 saturated heterocycles. The molecule has 2 atom stereocenters. The van der Waals surface area contributed by atoms with Crippen molar-refractivity contribution < 1.29 is 18.3 Å². The van der Waals surface area contributed by atoms with E-state index in [2.05, 4.69) is 9.97 Å². The van der Waals surface area contributed by atoms with Gasteiger partial charge in [0, 0.05) is 49.0 Å². The second-order valence-corrected chi connectivity index (χ2v) is 10.2. The van der Waals surface area contributed by atoms with Crippen LogP contribution in [0.3, 0.4) is 0 Å². The number of carbonyl (C=O) groups excluding carboxylic acids is 1. The summed E-state index contributed by atoms with van der Waals surface area (Å²) >= 11 is 6.00. The third-order valence-corrected chi connectivity index (χ3v) is 7.55. The monoisotopic (exact) mass is 498 g/mol. The first-order chi connectivity index (χ1) is 16.9. The molecule has 0 unspecified atom stereocenters. The lowest BCUT2D eigenvalue weighted by molar-refractivity contribution is -0.189. The molecule has 35 heavy (non-hydrogen) atoms. The van der Waals surface area contributed by atoms with Crippen molar-refractivity contribution >= 4 is 28.4 Å². The van der Waals surface area contributed by atoms with Gasteiger partial charge in [-0.2, -0.15) is 0 Å². The van der Waals surface area contributed by atoms with Crippen LogP contribution >= 0.6 is 11.6 Å². The number of likely N-dealkylation sites (tertiary alicyclic amines) is 1. The molecule has 6 nitrogen and oxygen atoms in total. The van der Waals surface area contributed by atoms with Gasteiger partial charge in [-0.05, 0) is 43.0 Å². The Morgan fingerprint density at radius 3 is 2.77 bits per heavy atom. The summed E-state index contributed by atoms with van der Waals surface area (Å²) < 4.78 is 36.1. The van der Waals surface area contributed by atoms with Gasteiger partial charge in [0.1, 0.15) is 24.2 Å². The number of morpholine rings is 1. The predicted octanol–water partition coefficient (Wildman–Crippen LogP) is 4.39. The maximum Gasteiger partial charge on any atom is 0.248 e. The summed E-state index contributed by atoms with van der Waals surface area (Å²) in [7, 11) is 0. The van der Waals surface area contributed by atoms with Crippen LogP contribution in [0.4, 0.5) is 8.78 Å². The summed E-state index contributed by atoms with van der Waals surface area (Å²) in [6, 6.07) is 9.18. The molecule has 9 heteroatoms. The van der Waals surface area contributed by atoms with Crippen LogP contribution in [-0.4, -0.2) is 69.7 Å². The maximum absolute atomic E-state index is 15.4. The van der Waals surface area contributed by atoms with Gasteiger partial charge in [0.15, 0.2) is 0 Å². The second-order valence-electron chi connectivity index (χ2n) is 9.77. The lowest BCUT2D eigenvalue weighted by Gasteiger charge is -2.48. The van der Waals surface area contributed by atoms with E-state index in [0.717, 1.165) is 29.3 Å². The predicted molar refractivity (Wildman–Crippen MR) is 128 cm³/mol. The number of rotatable bonds is 4. The number of halogens is 3. The van der Waals surface area contributed by atoms with Crippen molar-refractivity contribution in [2.45, 2.75) is 43.6 Å². The molecule has 3 aromatic rings. The topological polar surface area (TPSA) is 58.6 Å². The Kier molecular flexibility index (Phi) is 5.70. The molecule has 0 N–H and O–H groups in total. The Morgan fingerprint density at radius 2 is 2.00 bits per heavy atom. The lowest BCUT2D eigenvalue weighted by atomic mass is 9.87. The largest absolute Gasteiger partial charge is 0.360 e. The zero-order valence-electron chi connectivity index (χ0n) is 19.1. The van der Waals surface area contributed by atoms with Gasteiger partial charge in [-0.1, -0.05) is 23.7 Å². The summed E-state index contributed by atoms with van der Waals surface area (Å²) in [5.41, 5.74) is 1.53. The van der Waals surface area contributed by atoms with E-state index in [1.165, 1.54) is 6.07 Å². The Morgan fingerprint density at radius 1 is 1.14 bits per heavy atom. The number of hydrogen-bond acceptors (Lipinski definition) is 5. The fraction of sp³-hybridized carbons (Fsp3) is 0.423. The van der Waals surface area contributed by atoms with E-state index in [1.54, 1.807) is 17.3 Å². The molecule has 1 aliphatic carbocycles. The number of alkyl halides is 1. The van der Waals surface area contributed by atoms with Crippen LogP contribution in [0.15, 0.2) is 42.7 Å². The molecule has 2 aromatic heterocycles. The van der Waals surface area contributed by atoms with Crippen LogP contribution in [0.1, 0.15) is 25.0 Å². The minimum atomic E-state index is -1.26.